The summed E-state index contributed by atoms with van der Waals surface area (Å²) < 4.78 is 5.62. The second-order valence-corrected chi connectivity index (χ2v) is 7.20. The lowest BCUT2D eigenvalue weighted by Crippen LogP contribution is -2.42. The van der Waals surface area contributed by atoms with Gasteiger partial charge in [0.1, 0.15) is 30.1 Å². The van der Waals surface area contributed by atoms with Gasteiger partial charge in [-0.1, -0.05) is 48.0 Å². The van der Waals surface area contributed by atoms with E-state index in [0.29, 0.717) is 23.7 Å². The van der Waals surface area contributed by atoms with Gasteiger partial charge in [0.05, 0.1) is 11.1 Å². The van der Waals surface area contributed by atoms with E-state index in [9.17, 15) is 15.5 Å². The number of likely N-dealkylation sites (tertiary alicyclic amines) is 1. The monoisotopic (exact) mass is 386 g/mol. The number of aliphatic hydroxyl groups is 2. The molecule has 2 aromatic carbocycles. The van der Waals surface area contributed by atoms with E-state index < -0.39 is 12.2 Å². The summed E-state index contributed by atoms with van der Waals surface area (Å²) in [6.07, 6.45) is 0.288. The largest absolute Gasteiger partial charge is 0.489 e. The molecule has 27 heavy (non-hydrogen) atoms. The van der Waals surface area contributed by atoms with Gasteiger partial charge in [0.25, 0.3) is 0 Å². The molecule has 142 valence electrons. The predicted octanol–water partition coefficient (Wildman–Crippen LogP) is 2.63. The minimum atomic E-state index is -0.737. The van der Waals surface area contributed by atoms with Crippen LogP contribution in [0.2, 0.25) is 5.02 Å². The van der Waals surface area contributed by atoms with E-state index in [-0.39, 0.29) is 18.2 Å². The number of benzene rings is 2. The van der Waals surface area contributed by atoms with Gasteiger partial charge in [0.2, 0.25) is 0 Å². The molecule has 0 spiro atoms. The predicted molar refractivity (Wildman–Crippen MR) is 104 cm³/mol. The molecule has 1 heterocycles. The molecule has 5 nitrogen and oxygen atoms in total. The fourth-order valence-electron chi connectivity index (χ4n) is 3.49. The van der Waals surface area contributed by atoms with Crippen molar-refractivity contribution in [3.05, 3.63) is 64.7 Å². The number of rotatable bonds is 7. The summed E-state index contributed by atoms with van der Waals surface area (Å²) in [5.41, 5.74) is 1.43. The number of halogens is 1. The van der Waals surface area contributed by atoms with Crippen molar-refractivity contribution in [2.45, 2.75) is 31.1 Å². The lowest BCUT2D eigenvalue weighted by Gasteiger charge is -2.28. The van der Waals surface area contributed by atoms with E-state index >= 15 is 0 Å². The van der Waals surface area contributed by atoms with Gasteiger partial charge in [-0.2, -0.15) is 5.26 Å². The highest BCUT2D eigenvalue weighted by molar-refractivity contribution is 6.31. The van der Waals surface area contributed by atoms with Gasteiger partial charge in [0.15, 0.2) is 0 Å². The van der Waals surface area contributed by atoms with Crippen molar-refractivity contribution in [1.82, 2.24) is 4.90 Å². The van der Waals surface area contributed by atoms with Crippen molar-refractivity contribution in [2.75, 3.05) is 19.7 Å². The third-order valence-electron chi connectivity index (χ3n) is 4.88. The zero-order chi connectivity index (χ0) is 19.2. The minimum absolute atomic E-state index is 0.0251. The third-order valence-corrected chi connectivity index (χ3v) is 5.19. The van der Waals surface area contributed by atoms with Crippen molar-refractivity contribution in [2.24, 2.45) is 0 Å². The maximum absolute atomic E-state index is 10.4. The van der Waals surface area contributed by atoms with Crippen molar-refractivity contribution >= 4 is 11.6 Å². The first-order valence-electron chi connectivity index (χ1n) is 9.04. The summed E-state index contributed by atoms with van der Waals surface area (Å²) in [6.45, 7) is 1.19. The molecule has 3 rings (SSSR count). The van der Waals surface area contributed by atoms with E-state index in [1.54, 1.807) is 18.2 Å². The summed E-state index contributed by atoms with van der Waals surface area (Å²) in [5, 5.41) is 30.3. The normalized spacial score (nSPS) is 21.0. The Bertz CT molecular complexity index is 794. The summed E-state index contributed by atoms with van der Waals surface area (Å²) in [4.78, 5) is 2.11. The number of ether oxygens (including phenoxy) is 1. The summed E-state index contributed by atoms with van der Waals surface area (Å²) in [6, 6.07) is 17.0. The van der Waals surface area contributed by atoms with Crippen LogP contribution in [0.1, 0.15) is 17.5 Å². The smallest absolute Gasteiger partial charge is 0.138 e. The van der Waals surface area contributed by atoms with Gasteiger partial charge in [-0.25, -0.2) is 0 Å². The molecular formula is C21H23ClN2O3. The quantitative estimate of drug-likeness (QED) is 0.765. The maximum atomic E-state index is 10.4. The number of β-amino-alcohol motifs (C(OH)–C–C–N with tert-alkyl or cyclic N) is 1. The van der Waals surface area contributed by atoms with E-state index in [2.05, 4.69) is 4.90 Å². The Hall–Kier alpha value is -2.10. The van der Waals surface area contributed by atoms with E-state index in [1.807, 2.05) is 36.4 Å². The second-order valence-electron chi connectivity index (χ2n) is 6.80. The first kappa shape index (κ1) is 19.7. The number of nitrogens with zero attached hydrogens (tertiary/aromatic N) is 2. The lowest BCUT2D eigenvalue weighted by atomic mass is 10.0. The Labute approximate surface area is 164 Å². The van der Waals surface area contributed by atoms with Crippen molar-refractivity contribution in [3.8, 4) is 11.8 Å². The first-order valence-corrected chi connectivity index (χ1v) is 9.41. The first-order chi connectivity index (χ1) is 13.1. The maximum Gasteiger partial charge on any atom is 0.138 e. The highest BCUT2D eigenvalue weighted by Gasteiger charge is 2.33. The minimum Gasteiger partial charge on any atom is -0.489 e. The molecule has 2 aromatic rings. The van der Waals surface area contributed by atoms with Gasteiger partial charge in [-0.3, -0.25) is 4.90 Å². The van der Waals surface area contributed by atoms with Crippen molar-refractivity contribution in [3.63, 3.8) is 0 Å². The highest BCUT2D eigenvalue weighted by atomic mass is 35.5. The Morgan fingerprint density at radius 2 is 2.00 bits per heavy atom. The molecule has 0 bridgehead atoms. The number of hydrogen-bond donors (Lipinski definition) is 2. The molecular weight excluding hydrogens is 364 g/mol. The van der Waals surface area contributed by atoms with E-state index in [0.717, 1.165) is 18.5 Å². The van der Waals surface area contributed by atoms with Crippen LogP contribution in [-0.2, 0) is 6.42 Å². The molecule has 6 heteroatoms. The fourth-order valence-corrected chi connectivity index (χ4v) is 3.70. The van der Waals surface area contributed by atoms with Crippen LogP contribution in [0.4, 0.5) is 0 Å². The molecule has 0 aliphatic carbocycles. The highest BCUT2D eigenvalue weighted by Crippen LogP contribution is 2.26. The summed E-state index contributed by atoms with van der Waals surface area (Å²) in [5.74, 6) is 0.367. The molecule has 1 saturated heterocycles. The molecule has 1 fully saturated rings. The Morgan fingerprint density at radius 1 is 1.22 bits per heavy atom. The number of nitriles is 1. The van der Waals surface area contributed by atoms with Gasteiger partial charge in [-0.15, -0.1) is 0 Å². The molecule has 3 atom stereocenters. The molecule has 0 amide bonds. The van der Waals surface area contributed by atoms with Crippen LogP contribution in [0.5, 0.6) is 5.75 Å². The average molecular weight is 387 g/mol. The van der Waals surface area contributed by atoms with Crippen LogP contribution < -0.4 is 4.74 Å². The molecule has 1 unspecified atom stereocenters. The molecule has 0 radical (unpaired) electrons. The average Bonchev–Trinajstić information content (AvgIpc) is 3.00. The number of aliphatic hydroxyl groups excluding tert-OH is 2. The van der Waals surface area contributed by atoms with Crippen molar-refractivity contribution in [1.29, 1.82) is 5.26 Å². The fraction of sp³-hybridized carbons (Fsp3) is 0.381. The standard InChI is InChI=1S/C21H23ClN2O3/c22-18-7-4-8-21(17(18)12-23)27-14-16(25)13-24-10-9-20(26)19(24)11-15-5-2-1-3-6-15/h1-8,16,19-20,25-26H,9-11,13-14H2/t16?,19-,20-/m1/s1. The third kappa shape index (κ3) is 5.00. The van der Waals surface area contributed by atoms with Gasteiger partial charge in [0, 0.05) is 19.1 Å². The second kappa shape index (κ2) is 9.20. The topological polar surface area (TPSA) is 76.7 Å². The molecule has 0 saturated carbocycles. The summed E-state index contributed by atoms with van der Waals surface area (Å²) >= 11 is 5.99. The van der Waals surface area contributed by atoms with Crippen LogP contribution in [0.25, 0.3) is 0 Å². The SMILES string of the molecule is N#Cc1c(Cl)cccc1OCC(O)CN1CC[C@@H](O)[C@H]1Cc1ccccc1. The van der Waals surface area contributed by atoms with E-state index in [4.69, 9.17) is 16.3 Å². The Morgan fingerprint density at radius 3 is 2.74 bits per heavy atom. The lowest BCUT2D eigenvalue weighted by molar-refractivity contribution is 0.0478. The van der Waals surface area contributed by atoms with Crippen LogP contribution >= 0.6 is 11.6 Å². The van der Waals surface area contributed by atoms with Gasteiger partial charge >= 0.3 is 0 Å². The van der Waals surface area contributed by atoms with Crippen molar-refractivity contribution < 1.29 is 14.9 Å². The zero-order valence-electron chi connectivity index (χ0n) is 15.0. The summed E-state index contributed by atoms with van der Waals surface area (Å²) in [7, 11) is 0. The molecule has 1 aliphatic heterocycles. The van der Waals surface area contributed by atoms with E-state index in [1.165, 1.54) is 0 Å². The number of hydrogen-bond acceptors (Lipinski definition) is 5. The molecule has 2 N–H and O–H groups in total. The van der Waals surface area contributed by atoms with Crippen LogP contribution in [-0.4, -0.2) is 53.1 Å². The van der Waals surface area contributed by atoms with Gasteiger partial charge in [-0.05, 0) is 30.5 Å². The van der Waals surface area contributed by atoms with Gasteiger partial charge < -0.3 is 14.9 Å². The van der Waals surface area contributed by atoms with Crippen LogP contribution in [0.15, 0.2) is 48.5 Å². The Balaban J connectivity index is 1.57. The van der Waals surface area contributed by atoms with Crippen LogP contribution in [0, 0.1) is 11.3 Å². The van der Waals surface area contributed by atoms with Crippen LogP contribution in [0.3, 0.4) is 0 Å². The zero-order valence-corrected chi connectivity index (χ0v) is 15.7. The Kier molecular flexibility index (Phi) is 6.70. The molecule has 0 aromatic heterocycles. The molecule has 1 aliphatic rings.